The molecule has 2 unspecified atom stereocenters. The summed E-state index contributed by atoms with van der Waals surface area (Å²) in [6.45, 7) is 9.01. The lowest BCUT2D eigenvalue weighted by molar-refractivity contribution is -0.125. The average molecular weight is 480 g/mol. The van der Waals surface area contributed by atoms with Crippen LogP contribution in [0.5, 0.6) is 5.75 Å². The number of nitrogens with zero attached hydrogens (tertiary/aromatic N) is 1. The van der Waals surface area contributed by atoms with Crippen LogP contribution in [0.25, 0.3) is 0 Å². The summed E-state index contributed by atoms with van der Waals surface area (Å²) < 4.78 is 5.17. The van der Waals surface area contributed by atoms with E-state index >= 15 is 0 Å². The topological polar surface area (TPSA) is 87.7 Å². The van der Waals surface area contributed by atoms with Crippen molar-refractivity contribution in [3.63, 3.8) is 0 Å². The molecule has 3 amide bonds. The van der Waals surface area contributed by atoms with Crippen LogP contribution >= 0.6 is 0 Å². The minimum absolute atomic E-state index is 0.0166. The summed E-state index contributed by atoms with van der Waals surface area (Å²) in [4.78, 5) is 41.2. The molecule has 1 aliphatic heterocycles. The Bertz CT molecular complexity index is 1030. The predicted molar refractivity (Wildman–Crippen MR) is 136 cm³/mol. The second kappa shape index (κ2) is 11.9. The maximum absolute atomic E-state index is 13.3. The van der Waals surface area contributed by atoms with Crippen molar-refractivity contribution in [3.05, 3.63) is 65.2 Å². The van der Waals surface area contributed by atoms with Crippen LogP contribution < -0.4 is 15.4 Å². The molecule has 7 heteroatoms. The van der Waals surface area contributed by atoms with Crippen molar-refractivity contribution < 1.29 is 19.1 Å². The molecule has 2 atom stereocenters. The highest BCUT2D eigenvalue weighted by molar-refractivity contribution is 5.99. The van der Waals surface area contributed by atoms with Crippen LogP contribution in [-0.2, 0) is 4.79 Å². The molecule has 7 nitrogen and oxygen atoms in total. The Balaban J connectivity index is 1.71. The molecule has 3 rings (SSSR count). The number of ether oxygens (including phenoxy) is 1. The molecule has 0 bridgehead atoms. The Kier molecular flexibility index (Phi) is 8.90. The van der Waals surface area contributed by atoms with Crippen molar-refractivity contribution >= 4 is 17.7 Å². The molecule has 0 spiro atoms. The number of amides is 3. The van der Waals surface area contributed by atoms with E-state index in [9.17, 15) is 14.4 Å². The molecule has 0 aromatic heterocycles. The quantitative estimate of drug-likeness (QED) is 0.603. The van der Waals surface area contributed by atoms with Crippen molar-refractivity contribution in [2.45, 2.75) is 52.6 Å². The molecule has 1 fully saturated rings. The van der Waals surface area contributed by atoms with Gasteiger partial charge < -0.3 is 20.3 Å². The van der Waals surface area contributed by atoms with Crippen molar-refractivity contribution in [2.75, 3.05) is 20.2 Å². The lowest BCUT2D eigenvalue weighted by atomic mass is 9.87. The van der Waals surface area contributed by atoms with E-state index in [2.05, 4.69) is 24.5 Å². The van der Waals surface area contributed by atoms with Gasteiger partial charge in [-0.25, -0.2) is 0 Å². The minimum atomic E-state index is -0.665. The third-order valence-electron chi connectivity index (χ3n) is 6.96. The van der Waals surface area contributed by atoms with Crippen LogP contribution in [-0.4, -0.2) is 54.9 Å². The monoisotopic (exact) mass is 479 g/mol. The number of methoxy groups -OCH3 is 1. The maximum Gasteiger partial charge on any atom is 0.253 e. The Morgan fingerprint density at radius 2 is 1.57 bits per heavy atom. The molecular formula is C28H37N3O4. The smallest absolute Gasteiger partial charge is 0.253 e. The Morgan fingerprint density at radius 1 is 0.943 bits per heavy atom. The zero-order valence-electron chi connectivity index (χ0n) is 21.3. The summed E-state index contributed by atoms with van der Waals surface area (Å²) in [5, 5.41) is 6.08. The fraction of sp³-hybridized carbons (Fsp3) is 0.464. The van der Waals surface area contributed by atoms with E-state index < -0.39 is 6.04 Å². The van der Waals surface area contributed by atoms with Crippen LogP contribution in [0, 0.1) is 18.8 Å². The normalized spacial score (nSPS) is 15.9. The molecule has 35 heavy (non-hydrogen) atoms. The van der Waals surface area contributed by atoms with Crippen molar-refractivity contribution in [3.8, 4) is 5.75 Å². The Labute approximate surface area is 208 Å². The van der Waals surface area contributed by atoms with Gasteiger partial charge in [-0.2, -0.15) is 0 Å². The predicted octanol–water partition coefficient (Wildman–Crippen LogP) is 3.82. The lowest BCUT2D eigenvalue weighted by Crippen LogP contribution is -2.55. The molecular weight excluding hydrogens is 442 g/mol. The first-order chi connectivity index (χ1) is 16.7. The molecule has 1 aliphatic rings. The maximum atomic E-state index is 13.3. The molecule has 0 radical (unpaired) electrons. The molecule has 1 saturated heterocycles. The van der Waals surface area contributed by atoms with E-state index in [0.29, 0.717) is 42.8 Å². The third-order valence-corrected chi connectivity index (χ3v) is 6.96. The summed E-state index contributed by atoms with van der Waals surface area (Å²) in [5.41, 5.74) is 2.03. The second-order valence-electron chi connectivity index (χ2n) is 9.67. The highest BCUT2D eigenvalue weighted by Crippen LogP contribution is 2.24. The van der Waals surface area contributed by atoms with E-state index in [-0.39, 0.29) is 35.6 Å². The number of benzene rings is 2. The number of hydrogen-bond donors (Lipinski definition) is 2. The molecule has 2 N–H and O–H groups in total. The number of rotatable bonds is 8. The van der Waals surface area contributed by atoms with Crippen LogP contribution in [0.15, 0.2) is 48.5 Å². The first-order valence-corrected chi connectivity index (χ1v) is 12.3. The number of nitrogens with one attached hydrogen (secondary N) is 2. The van der Waals surface area contributed by atoms with Crippen LogP contribution in [0.3, 0.4) is 0 Å². The van der Waals surface area contributed by atoms with E-state index in [1.54, 1.807) is 37.4 Å². The van der Waals surface area contributed by atoms with Crippen LogP contribution in [0.4, 0.5) is 0 Å². The van der Waals surface area contributed by atoms with Gasteiger partial charge in [0.05, 0.1) is 7.11 Å². The van der Waals surface area contributed by atoms with Crippen molar-refractivity contribution in [1.29, 1.82) is 0 Å². The first-order valence-electron chi connectivity index (χ1n) is 12.3. The number of aryl methyl sites for hydroxylation is 1. The zero-order valence-corrected chi connectivity index (χ0v) is 21.3. The molecule has 2 aromatic carbocycles. The minimum Gasteiger partial charge on any atom is -0.497 e. The Hall–Kier alpha value is -3.35. The summed E-state index contributed by atoms with van der Waals surface area (Å²) in [7, 11) is 1.59. The fourth-order valence-electron chi connectivity index (χ4n) is 4.28. The van der Waals surface area contributed by atoms with Crippen molar-refractivity contribution in [2.24, 2.45) is 11.8 Å². The van der Waals surface area contributed by atoms with Crippen molar-refractivity contribution in [1.82, 2.24) is 15.5 Å². The van der Waals surface area contributed by atoms with Gasteiger partial charge in [-0.1, -0.05) is 32.0 Å². The van der Waals surface area contributed by atoms with Gasteiger partial charge in [-0.3, -0.25) is 14.4 Å². The van der Waals surface area contributed by atoms with E-state index in [0.717, 1.165) is 5.56 Å². The van der Waals surface area contributed by atoms with E-state index in [1.165, 1.54) is 0 Å². The first kappa shape index (κ1) is 26.3. The largest absolute Gasteiger partial charge is 0.497 e. The van der Waals surface area contributed by atoms with Gasteiger partial charge in [0, 0.05) is 30.3 Å². The molecule has 2 aromatic rings. The second-order valence-corrected chi connectivity index (χ2v) is 9.67. The fourth-order valence-corrected chi connectivity index (χ4v) is 4.28. The van der Waals surface area contributed by atoms with Gasteiger partial charge in [-0.15, -0.1) is 0 Å². The van der Waals surface area contributed by atoms with Gasteiger partial charge in [0.2, 0.25) is 5.91 Å². The number of carbonyl (C=O) groups excluding carboxylic acids is 3. The molecule has 0 saturated carbocycles. The standard InChI is InChI=1S/C28H37N3O4/c1-18(2)20(4)29-27(33)25(30-26(32)24-9-7-6-8-19(24)3)21-14-16-31(17-15-21)28(34)22-10-12-23(35-5)13-11-22/h6-13,18,20-21,25H,14-17H2,1-5H3,(H,29,33)(H,30,32). The highest BCUT2D eigenvalue weighted by Gasteiger charge is 2.35. The van der Waals surface area contributed by atoms with Crippen LogP contribution in [0.2, 0.25) is 0 Å². The number of hydrogen-bond acceptors (Lipinski definition) is 4. The summed E-state index contributed by atoms with van der Waals surface area (Å²) in [6.07, 6.45) is 1.26. The Morgan fingerprint density at radius 3 is 2.14 bits per heavy atom. The number of likely N-dealkylation sites (tertiary alicyclic amines) is 1. The lowest BCUT2D eigenvalue weighted by Gasteiger charge is -2.36. The van der Waals surface area contributed by atoms with Crippen LogP contribution in [0.1, 0.15) is 59.9 Å². The van der Waals surface area contributed by atoms with E-state index in [4.69, 9.17) is 4.74 Å². The summed E-state index contributed by atoms with van der Waals surface area (Å²) in [5.74, 6) is 0.446. The van der Waals surface area contributed by atoms with Gasteiger partial charge in [0.15, 0.2) is 0 Å². The molecule has 1 heterocycles. The highest BCUT2D eigenvalue weighted by atomic mass is 16.5. The van der Waals surface area contributed by atoms with Gasteiger partial charge >= 0.3 is 0 Å². The molecule has 188 valence electrons. The molecule has 0 aliphatic carbocycles. The summed E-state index contributed by atoms with van der Waals surface area (Å²) in [6, 6.07) is 13.8. The van der Waals surface area contributed by atoms with Gasteiger partial charge in [0.1, 0.15) is 11.8 Å². The number of piperidine rings is 1. The van der Waals surface area contributed by atoms with E-state index in [1.807, 2.05) is 36.9 Å². The zero-order chi connectivity index (χ0) is 25.5. The average Bonchev–Trinajstić information content (AvgIpc) is 2.87. The number of carbonyl (C=O) groups is 3. The SMILES string of the molecule is COc1ccc(C(=O)N2CCC(C(NC(=O)c3ccccc3C)C(=O)NC(C)C(C)C)CC2)cc1. The van der Waals surface area contributed by atoms with Gasteiger partial charge in [-0.05, 0) is 74.4 Å². The summed E-state index contributed by atoms with van der Waals surface area (Å²) >= 11 is 0. The van der Waals surface area contributed by atoms with Gasteiger partial charge in [0.25, 0.3) is 11.8 Å². The third kappa shape index (κ3) is 6.62.